The van der Waals surface area contributed by atoms with Gasteiger partial charge in [0.1, 0.15) is 6.34 Å². The molecule has 3 heterocycles. The summed E-state index contributed by atoms with van der Waals surface area (Å²) in [6, 6.07) is 19.3. The second kappa shape index (κ2) is 6.06. The maximum atomic E-state index is 12.4. The predicted octanol–water partition coefficient (Wildman–Crippen LogP) is 2.68. The average molecular weight is 354 g/mol. The molecule has 27 heavy (non-hydrogen) atoms. The third kappa shape index (κ3) is 2.62. The predicted molar refractivity (Wildman–Crippen MR) is 103 cm³/mol. The summed E-state index contributed by atoms with van der Waals surface area (Å²) >= 11 is 0. The van der Waals surface area contributed by atoms with Crippen molar-refractivity contribution in [3.05, 3.63) is 84.1 Å². The van der Waals surface area contributed by atoms with Crippen LogP contribution in [0, 0.1) is 0 Å². The Bertz CT molecular complexity index is 1110. The monoisotopic (exact) mass is 354 g/mol. The molecular weight excluding hydrogens is 340 g/mol. The number of amidine groups is 1. The first-order chi connectivity index (χ1) is 13.3. The van der Waals surface area contributed by atoms with E-state index in [1.54, 1.807) is 22.2 Å². The van der Waals surface area contributed by atoms with Crippen LogP contribution < -0.4 is 5.43 Å². The molecule has 1 amide bonds. The Morgan fingerprint density at radius 1 is 0.926 bits per heavy atom. The molecule has 7 nitrogen and oxygen atoms in total. The lowest BCUT2D eigenvalue weighted by atomic mass is 10.1. The summed E-state index contributed by atoms with van der Waals surface area (Å²) in [5, 5.41) is 6.07. The summed E-state index contributed by atoms with van der Waals surface area (Å²) in [6.45, 7) is 0. The van der Waals surface area contributed by atoms with Crippen LogP contribution in [0.4, 0.5) is 5.82 Å². The highest BCUT2D eigenvalue weighted by molar-refractivity contribution is 6.16. The Morgan fingerprint density at radius 3 is 2.44 bits per heavy atom. The number of nitrogens with one attached hydrogen (secondary N) is 1. The maximum absolute atomic E-state index is 12.4. The molecule has 130 valence electrons. The molecule has 0 saturated carbocycles. The molecule has 2 aliphatic rings. The standard InChI is InChI=1S/C20H14N6O/c27-18-11-17(14-7-3-1-4-8-14)24-25-13-21-19-16(20(25)23-18)12-22-26(19)15-9-5-2-6-10-15/h1-13,24H. The first kappa shape index (κ1) is 15.3. The van der Waals surface area contributed by atoms with Gasteiger partial charge in [0, 0.05) is 6.08 Å². The van der Waals surface area contributed by atoms with Crippen molar-refractivity contribution < 1.29 is 4.79 Å². The van der Waals surface area contributed by atoms with Crippen molar-refractivity contribution in [1.29, 1.82) is 0 Å². The minimum absolute atomic E-state index is 0.340. The second-order valence-electron chi connectivity index (χ2n) is 6.05. The minimum Gasteiger partial charge on any atom is -0.291 e. The van der Waals surface area contributed by atoms with Gasteiger partial charge in [-0.15, -0.1) is 0 Å². The van der Waals surface area contributed by atoms with Crippen molar-refractivity contribution in [2.45, 2.75) is 0 Å². The average Bonchev–Trinajstić information content (AvgIpc) is 3.07. The zero-order chi connectivity index (χ0) is 18.2. The molecule has 2 aliphatic heterocycles. The number of hydrogen-bond donors (Lipinski definition) is 1. The van der Waals surface area contributed by atoms with Crippen molar-refractivity contribution in [3.8, 4) is 5.69 Å². The lowest BCUT2D eigenvalue weighted by Crippen LogP contribution is -2.42. The van der Waals surface area contributed by atoms with E-state index in [1.807, 2.05) is 60.7 Å². The summed E-state index contributed by atoms with van der Waals surface area (Å²) in [6.07, 6.45) is 4.76. The van der Waals surface area contributed by atoms with Gasteiger partial charge in [0.15, 0.2) is 11.7 Å². The first-order valence-electron chi connectivity index (χ1n) is 8.43. The number of carbonyl (C=O) groups is 1. The van der Waals surface area contributed by atoms with E-state index in [2.05, 4.69) is 20.5 Å². The summed E-state index contributed by atoms with van der Waals surface area (Å²) in [4.78, 5) is 21.2. The van der Waals surface area contributed by atoms with Crippen molar-refractivity contribution in [1.82, 2.24) is 20.2 Å². The van der Waals surface area contributed by atoms with Crippen molar-refractivity contribution in [2.75, 3.05) is 0 Å². The highest BCUT2D eigenvalue weighted by atomic mass is 16.1. The number of hydrazine groups is 1. The third-order valence-electron chi connectivity index (χ3n) is 4.32. The van der Waals surface area contributed by atoms with E-state index in [0.717, 1.165) is 11.3 Å². The Hall–Kier alpha value is -4.00. The molecule has 0 saturated heterocycles. The highest BCUT2D eigenvalue weighted by Crippen LogP contribution is 2.28. The molecule has 0 unspecified atom stereocenters. The molecular formula is C20H14N6O. The minimum atomic E-state index is -0.340. The number of carbonyl (C=O) groups excluding carboxylic acids is 1. The molecule has 5 rings (SSSR count). The summed E-state index contributed by atoms with van der Waals surface area (Å²) in [5.41, 5.74) is 6.33. The summed E-state index contributed by atoms with van der Waals surface area (Å²) in [5.74, 6) is 0.760. The van der Waals surface area contributed by atoms with Crippen LogP contribution in [-0.4, -0.2) is 32.9 Å². The fourth-order valence-corrected chi connectivity index (χ4v) is 3.06. The largest absolute Gasteiger partial charge is 0.291 e. The van der Waals surface area contributed by atoms with Gasteiger partial charge < -0.3 is 0 Å². The van der Waals surface area contributed by atoms with Gasteiger partial charge in [-0.3, -0.25) is 10.2 Å². The molecule has 1 aromatic heterocycles. The number of fused-ring (bicyclic) bond motifs is 3. The first-order valence-corrected chi connectivity index (χ1v) is 8.43. The van der Waals surface area contributed by atoms with E-state index in [9.17, 15) is 4.79 Å². The highest BCUT2D eigenvalue weighted by Gasteiger charge is 2.28. The molecule has 0 aliphatic carbocycles. The van der Waals surface area contributed by atoms with Gasteiger partial charge in [-0.2, -0.15) is 10.1 Å². The van der Waals surface area contributed by atoms with E-state index >= 15 is 0 Å². The number of nitrogens with zero attached hydrogens (tertiary/aromatic N) is 5. The van der Waals surface area contributed by atoms with E-state index in [4.69, 9.17) is 0 Å². The summed E-state index contributed by atoms with van der Waals surface area (Å²) in [7, 11) is 0. The molecule has 0 atom stereocenters. The number of hydrogen-bond acceptors (Lipinski definition) is 5. The van der Waals surface area contributed by atoms with Crippen molar-refractivity contribution in [2.24, 2.45) is 9.98 Å². The zero-order valence-electron chi connectivity index (χ0n) is 14.1. The van der Waals surface area contributed by atoms with Crippen LogP contribution in [0.3, 0.4) is 0 Å². The Morgan fingerprint density at radius 2 is 1.67 bits per heavy atom. The lowest BCUT2D eigenvalue weighted by molar-refractivity contribution is -0.113. The second-order valence-corrected chi connectivity index (χ2v) is 6.05. The number of rotatable bonds is 2. The van der Waals surface area contributed by atoms with Crippen LogP contribution in [0.2, 0.25) is 0 Å². The van der Waals surface area contributed by atoms with Crippen LogP contribution in [0.25, 0.3) is 11.4 Å². The van der Waals surface area contributed by atoms with Gasteiger partial charge in [-0.1, -0.05) is 48.5 Å². The number of amides is 1. The van der Waals surface area contributed by atoms with Crippen LogP contribution in [0.1, 0.15) is 11.1 Å². The lowest BCUT2D eigenvalue weighted by Gasteiger charge is -2.25. The smallest absolute Gasteiger partial charge is 0.273 e. The molecule has 0 spiro atoms. The quantitative estimate of drug-likeness (QED) is 0.768. The molecule has 2 aromatic carbocycles. The Balaban J connectivity index is 1.55. The van der Waals surface area contributed by atoms with Crippen LogP contribution in [-0.2, 0) is 4.79 Å². The van der Waals surface area contributed by atoms with Crippen molar-refractivity contribution in [3.63, 3.8) is 0 Å². The molecule has 3 aromatic rings. The Labute approximate surface area is 155 Å². The van der Waals surface area contributed by atoms with Crippen molar-refractivity contribution >= 4 is 29.6 Å². The van der Waals surface area contributed by atoms with Gasteiger partial charge in [-0.25, -0.2) is 14.7 Å². The summed E-state index contributed by atoms with van der Waals surface area (Å²) < 4.78 is 1.73. The number of para-hydroxylation sites is 1. The maximum Gasteiger partial charge on any atom is 0.273 e. The van der Waals surface area contributed by atoms with E-state index < -0.39 is 0 Å². The number of aromatic nitrogens is 2. The van der Waals surface area contributed by atoms with Gasteiger partial charge >= 0.3 is 0 Å². The molecule has 0 fully saturated rings. The number of aliphatic imine (C=N–C) groups is 2. The van der Waals surface area contributed by atoms with Gasteiger partial charge in [0.2, 0.25) is 0 Å². The molecule has 1 N–H and O–H groups in total. The Kier molecular flexibility index (Phi) is 3.43. The third-order valence-corrected chi connectivity index (χ3v) is 4.32. The van der Waals surface area contributed by atoms with E-state index in [-0.39, 0.29) is 5.91 Å². The fourth-order valence-electron chi connectivity index (χ4n) is 3.06. The molecule has 0 bridgehead atoms. The van der Waals surface area contributed by atoms with Gasteiger partial charge in [-0.05, 0) is 17.7 Å². The topological polar surface area (TPSA) is 74.9 Å². The SMILES string of the molecule is O=C1C=C(c2ccccc2)NN2C=Nc3c(cnn3-c3ccccc3)C2=N1. The zero-order valence-corrected chi connectivity index (χ0v) is 14.1. The van der Waals surface area contributed by atoms with Crippen LogP contribution in [0.15, 0.2) is 82.9 Å². The number of benzene rings is 2. The van der Waals surface area contributed by atoms with Gasteiger partial charge in [0.05, 0.1) is 23.1 Å². The van der Waals surface area contributed by atoms with Gasteiger partial charge in [0.25, 0.3) is 5.91 Å². The molecule has 0 radical (unpaired) electrons. The van der Waals surface area contributed by atoms with Crippen LogP contribution in [0.5, 0.6) is 0 Å². The van der Waals surface area contributed by atoms with E-state index in [0.29, 0.717) is 22.9 Å². The fraction of sp³-hybridized carbons (Fsp3) is 0. The van der Waals surface area contributed by atoms with E-state index in [1.165, 1.54) is 6.08 Å². The molecule has 7 heteroatoms. The van der Waals surface area contributed by atoms with Crippen LogP contribution >= 0.6 is 0 Å². The normalized spacial score (nSPS) is 15.3.